The van der Waals surface area contributed by atoms with Crippen molar-refractivity contribution in [3.63, 3.8) is 0 Å². The molecule has 59 heavy (non-hydrogen) atoms. The van der Waals surface area contributed by atoms with Crippen LogP contribution in [0.5, 0.6) is 0 Å². The molecule has 0 bridgehead atoms. The van der Waals surface area contributed by atoms with E-state index in [2.05, 4.69) is 5.32 Å². The van der Waals surface area contributed by atoms with E-state index >= 15 is 0 Å². The standard InChI is InChI=1S/C28H23F3N2O3.C17H12F3NO2/c1-36-26(35)20-7-11-21(12-8-20)27(14-15-27)32-25(34)23-4-2-3-19-13-16-33(24(19)23)17-18-5-9-22(10-6-18)28(29,30)31;18-17(19,20)13-6-4-11(5-7-13)10-21-9-8-12-2-1-3-14(15(12)21)16(22)23/h2-13,16H,14-15,17H2,1H3,(H,32,34);1-9H,10H2,(H,22,23). The minimum absolute atomic E-state index is 0.166. The van der Waals surface area contributed by atoms with E-state index in [0.29, 0.717) is 46.4 Å². The molecule has 1 saturated carbocycles. The molecule has 0 aliphatic heterocycles. The predicted octanol–water partition coefficient (Wildman–Crippen LogP) is 10.3. The summed E-state index contributed by atoms with van der Waals surface area (Å²) in [5.41, 5.74) is 2.73. The molecule has 2 aromatic heterocycles. The zero-order valence-corrected chi connectivity index (χ0v) is 31.3. The molecular weight excluding hydrogens is 776 g/mol. The van der Waals surface area contributed by atoms with Gasteiger partial charge in [-0.25, -0.2) is 9.59 Å². The maximum Gasteiger partial charge on any atom is 0.416 e. The van der Waals surface area contributed by atoms with Crippen LogP contribution in [-0.2, 0) is 35.7 Å². The zero-order valence-electron chi connectivity index (χ0n) is 31.3. The van der Waals surface area contributed by atoms with Crippen LogP contribution in [0, 0.1) is 0 Å². The summed E-state index contributed by atoms with van der Waals surface area (Å²) in [5, 5.41) is 14.1. The lowest BCUT2D eigenvalue weighted by atomic mass is 10.0. The van der Waals surface area contributed by atoms with Crippen LogP contribution in [0.3, 0.4) is 0 Å². The van der Waals surface area contributed by atoms with Gasteiger partial charge in [0.1, 0.15) is 0 Å². The van der Waals surface area contributed by atoms with E-state index in [1.165, 1.54) is 37.4 Å². The summed E-state index contributed by atoms with van der Waals surface area (Å²) in [4.78, 5) is 36.5. The van der Waals surface area contributed by atoms with Crippen LogP contribution < -0.4 is 5.32 Å². The minimum atomic E-state index is -4.39. The molecule has 1 aliphatic rings. The number of aromatic carboxylic acids is 1. The second-order valence-electron chi connectivity index (χ2n) is 14.2. The molecule has 0 atom stereocenters. The number of carbonyl (C=O) groups excluding carboxylic acids is 2. The first-order chi connectivity index (χ1) is 28.1. The number of rotatable bonds is 9. The number of carbonyl (C=O) groups is 3. The van der Waals surface area contributed by atoms with Gasteiger partial charge in [0.05, 0.1) is 51.5 Å². The first-order valence-corrected chi connectivity index (χ1v) is 18.3. The van der Waals surface area contributed by atoms with Crippen LogP contribution >= 0.6 is 0 Å². The van der Waals surface area contributed by atoms with Gasteiger partial charge in [-0.05, 0) is 90.2 Å². The van der Waals surface area contributed by atoms with E-state index in [1.807, 2.05) is 41.1 Å². The summed E-state index contributed by atoms with van der Waals surface area (Å²) >= 11 is 0. The number of carboxylic acids is 1. The van der Waals surface area contributed by atoms with Gasteiger partial charge in [-0.1, -0.05) is 60.7 Å². The summed E-state index contributed by atoms with van der Waals surface area (Å²) in [6, 6.07) is 31.0. The first-order valence-electron chi connectivity index (χ1n) is 18.3. The van der Waals surface area contributed by atoms with E-state index in [4.69, 9.17) is 4.74 Å². The number of methoxy groups -OCH3 is 1. The number of nitrogens with one attached hydrogen (secondary N) is 1. The number of fused-ring (bicyclic) bond motifs is 2. The highest BCUT2D eigenvalue weighted by Gasteiger charge is 2.46. The second-order valence-corrected chi connectivity index (χ2v) is 14.2. The number of hydrogen-bond acceptors (Lipinski definition) is 4. The van der Waals surface area contributed by atoms with Crippen molar-refractivity contribution in [3.05, 3.63) is 178 Å². The molecule has 7 aromatic rings. The highest BCUT2D eigenvalue weighted by Crippen LogP contribution is 2.46. The number of nitrogens with zero attached hydrogens (tertiary/aromatic N) is 2. The van der Waals surface area contributed by atoms with Gasteiger partial charge in [0, 0.05) is 36.3 Å². The smallest absolute Gasteiger partial charge is 0.416 e. The molecule has 2 heterocycles. The SMILES string of the molecule is COC(=O)c1ccc(C2(NC(=O)c3cccc4ccn(Cc5ccc(C(F)(F)F)cc5)c34)CC2)cc1.O=C(O)c1cccc2ccn(Cc3ccc(C(F)(F)F)cc3)c12. The Hall–Kier alpha value is -6.83. The van der Waals surface area contributed by atoms with Gasteiger partial charge in [-0.3, -0.25) is 4.79 Å². The molecule has 0 spiro atoms. The lowest BCUT2D eigenvalue weighted by Crippen LogP contribution is -2.35. The molecule has 8 rings (SSSR count). The number of hydrogen-bond donors (Lipinski definition) is 2. The van der Waals surface area contributed by atoms with E-state index in [0.717, 1.165) is 53.4 Å². The molecule has 2 N–H and O–H groups in total. The third-order valence-corrected chi connectivity index (χ3v) is 10.3. The number of esters is 1. The van der Waals surface area contributed by atoms with Gasteiger partial charge < -0.3 is 24.3 Å². The van der Waals surface area contributed by atoms with Crippen molar-refractivity contribution < 1.29 is 50.6 Å². The van der Waals surface area contributed by atoms with Crippen LogP contribution in [0.4, 0.5) is 26.3 Å². The number of carboxylic acid groups (broad SMARTS) is 1. The summed E-state index contributed by atoms with van der Waals surface area (Å²) in [6.45, 7) is 0.623. The van der Waals surface area contributed by atoms with Gasteiger partial charge in [-0.15, -0.1) is 0 Å². The van der Waals surface area contributed by atoms with Gasteiger partial charge >= 0.3 is 24.3 Å². The highest BCUT2D eigenvalue weighted by atomic mass is 19.4. The molecule has 1 fully saturated rings. The summed E-state index contributed by atoms with van der Waals surface area (Å²) in [6.07, 6.45) is -3.64. The number of aromatic nitrogens is 2. The largest absolute Gasteiger partial charge is 0.478 e. The van der Waals surface area contributed by atoms with Crippen molar-refractivity contribution in [2.45, 2.75) is 43.8 Å². The molecule has 0 radical (unpaired) electrons. The first kappa shape index (κ1) is 40.4. The van der Waals surface area contributed by atoms with Gasteiger partial charge in [-0.2, -0.15) is 26.3 Å². The Kier molecular flexibility index (Phi) is 10.8. The summed E-state index contributed by atoms with van der Waals surface area (Å²) in [7, 11) is 1.33. The molecule has 0 saturated heterocycles. The van der Waals surface area contributed by atoms with E-state index < -0.39 is 41.0 Å². The summed E-state index contributed by atoms with van der Waals surface area (Å²) < 4.78 is 84.8. The maximum absolute atomic E-state index is 13.4. The second kappa shape index (κ2) is 15.8. The topological polar surface area (TPSA) is 103 Å². The molecule has 302 valence electrons. The number of alkyl halides is 6. The third-order valence-electron chi connectivity index (χ3n) is 10.3. The lowest BCUT2D eigenvalue weighted by molar-refractivity contribution is -0.138. The fourth-order valence-electron chi connectivity index (χ4n) is 7.07. The predicted molar refractivity (Wildman–Crippen MR) is 208 cm³/mol. The van der Waals surface area contributed by atoms with Gasteiger partial charge in [0.25, 0.3) is 5.91 Å². The van der Waals surface area contributed by atoms with Crippen molar-refractivity contribution in [1.82, 2.24) is 14.5 Å². The molecule has 5 aromatic carbocycles. The van der Waals surface area contributed by atoms with Crippen molar-refractivity contribution >= 4 is 39.7 Å². The molecule has 1 amide bonds. The Morgan fingerprint density at radius 2 is 1.10 bits per heavy atom. The van der Waals surface area contributed by atoms with E-state index in [1.54, 1.807) is 47.2 Å². The Balaban J connectivity index is 0.000000198. The highest BCUT2D eigenvalue weighted by molar-refractivity contribution is 6.06. The number of halogens is 6. The quantitative estimate of drug-likeness (QED) is 0.112. The van der Waals surface area contributed by atoms with Crippen LogP contribution in [0.1, 0.15) is 71.7 Å². The number of para-hydroxylation sites is 2. The molecule has 0 unspecified atom stereocenters. The number of benzene rings is 5. The van der Waals surface area contributed by atoms with E-state index in [9.17, 15) is 45.8 Å². The van der Waals surface area contributed by atoms with E-state index in [-0.39, 0.29) is 11.5 Å². The van der Waals surface area contributed by atoms with Crippen molar-refractivity contribution in [2.24, 2.45) is 0 Å². The molecule has 14 heteroatoms. The zero-order chi connectivity index (χ0) is 42.1. The Morgan fingerprint density at radius 1 is 0.644 bits per heavy atom. The maximum atomic E-state index is 13.4. The normalized spacial score (nSPS) is 13.4. The average Bonchev–Trinajstić information content (AvgIpc) is 3.71. The van der Waals surface area contributed by atoms with Crippen molar-refractivity contribution in [1.29, 1.82) is 0 Å². The lowest BCUT2D eigenvalue weighted by Gasteiger charge is -2.19. The van der Waals surface area contributed by atoms with Gasteiger partial charge in [0.15, 0.2) is 0 Å². The Morgan fingerprint density at radius 3 is 1.53 bits per heavy atom. The number of amides is 1. The van der Waals surface area contributed by atoms with Crippen molar-refractivity contribution in [2.75, 3.05) is 7.11 Å². The van der Waals surface area contributed by atoms with Crippen molar-refractivity contribution in [3.8, 4) is 0 Å². The average molecular weight is 812 g/mol. The van der Waals surface area contributed by atoms with Gasteiger partial charge in [0.2, 0.25) is 0 Å². The van der Waals surface area contributed by atoms with Crippen LogP contribution in [0.25, 0.3) is 21.8 Å². The number of ether oxygens (including phenoxy) is 1. The van der Waals surface area contributed by atoms with Crippen LogP contribution in [0.2, 0.25) is 0 Å². The minimum Gasteiger partial charge on any atom is -0.478 e. The Bertz CT molecular complexity index is 2660. The molecule has 8 nitrogen and oxygen atoms in total. The van der Waals surface area contributed by atoms with Crippen LogP contribution in [-0.4, -0.2) is 39.2 Å². The van der Waals surface area contributed by atoms with Crippen LogP contribution in [0.15, 0.2) is 134 Å². The summed E-state index contributed by atoms with van der Waals surface area (Å²) in [5.74, 6) is -1.69. The monoisotopic (exact) mass is 811 g/mol. The fourth-order valence-corrected chi connectivity index (χ4v) is 7.07. The fraction of sp³-hybridized carbons (Fsp3) is 0.178. The Labute approximate surface area is 333 Å². The third kappa shape index (κ3) is 8.71. The molecular formula is C45H35F6N3O5. The molecule has 1 aliphatic carbocycles.